The van der Waals surface area contributed by atoms with Crippen LogP contribution in [0.4, 0.5) is 10.1 Å². The second kappa shape index (κ2) is 5.40. The molecule has 1 aromatic rings. The zero-order chi connectivity index (χ0) is 14.0. The van der Waals surface area contributed by atoms with Gasteiger partial charge in [0.2, 0.25) is 5.75 Å². The number of halogens is 1. The van der Waals surface area contributed by atoms with E-state index < -0.39 is 16.4 Å². The third-order valence-electron chi connectivity index (χ3n) is 3.21. The molecule has 0 heterocycles. The Hall–Kier alpha value is -1.89. The fourth-order valence-electron chi connectivity index (χ4n) is 2.18. The quantitative estimate of drug-likeness (QED) is 0.667. The molecule has 19 heavy (non-hydrogen) atoms. The van der Waals surface area contributed by atoms with E-state index in [4.69, 9.17) is 15.2 Å². The third kappa shape index (κ3) is 2.76. The average molecular weight is 270 g/mol. The largest absolute Gasteiger partial charge is 0.490 e. The summed E-state index contributed by atoms with van der Waals surface area (Å²) in [6, 6.07) is 1.85. The number of nitrogens with two attached hydrogens (primary N) is 1. The lowest BCUT2D eigenvalue weighted by molar-refractivity contribution is -0.386. The Morgan fingerprint density at radius 2 is 2.16 bits per heavy atom. The Kier molecular flexibility index (Phi) is 3.84. The third-order valence-corrected chi connectivity index (χ3v) is 3.21. The maximum atomic E-state index is 13.8. The molecule has 2 rings (SSSR count). The summed E-state index contributed by atoms with van der Waals surface area (Å²) < 4.78 is 24.1. The van der Waals surface area contributed by atoms with Crippen LogP contribution in [0.2, 0.25) is 0 Å². The summed E-state index contributed by atoms with van der Waals surface area (Å²) in [5.74, 6) is -0.885. The van der Waals surface area contributed by atoms with E-state index in [1.165, 1.54) is 13.2 Å². The maximum Gasteiger partial charge on any atom is 0.314 e. The molecule has 1 fully saturated rings. The van der Waals surface area contributed by atoms with E-state index in [0.717, 1.165) is 25.3 Å². The molecule has 1 saturated carbocycles. The van der Waals surface area contributed by atoms with Gasteiger partial charge >= 0.3 is 5.69 Å². The summed E-state index contributed by atoms with van der Waals surface area (Å²) in [4.78, 5) is 10.0. The van der Waals surface area contributed by atoms with Crippen molar-refractivity contribution in [3.05, 3.63) is 28.1 Å². The summed E-state index contributed by atoms with van der Waals surface area (Å²) in [7, 11) is 1.28. The van der Waals surface area contributed by atoms with Crippen LogP contribution in [-0.4, -0.2) is 24.2 Å². The minimum absolute atomic E-state index is 0.0343. The van der Waals surface area contributed by atoms with Gasteiger partial charge in [-0.15, -0.1) is 0 Å². The Morgan fingerprint density at radius 1 is 1.42 bits per heavy atom. The van der Waals surface area contributed by atoms with Crippen molar-refractivity contribution >= 4 is 5.69 Å². The average Bonchev–Trinajstić information content (AvgIpc) is 2.77. The van der Waals surface area contributed by atoms with E-state index in [-0.39, 0.29) is 23.6 Å². The first kappa shape index (κ1) is 13.5. The summed E-state index contributed by atoms with van der Waals surface area (Å²) in [5, 5.41) is 10.7. The molecule has 1 aliphatic rings. The van der Waals surface area contributed by atoms with Gasteiger partial charge in [-0.25, -0.2) is 4.39 Å². The summed E-state index contributed by atoms with van der Waals surface area (Å²) in [6.45, 7) is 0. The molecule has 2 unspecified atom stereocenters. The molecular weight excluding hydrogens is 255 g/mol. The highest BCUT2D eigenvalue weighted by atomic mass is 19.1. The number of ether oxygens (including phenoxy) is 2. The van der Waals surface area contributed by atoms with Crippen molar-refractivity contribution in [2.75, 3.05) is 7.11 Å². The molecule has 2 N–H and O–H groups in total. The molecule has 1 aliphatic carbocycles. The first-order chi connectivity index (χ1) is 9.02. The zero-order valence-electron chi connectivity index (χ0n) is 10.5. The Labute approximate surface area is 109 Å². The molecule has 0 spiro atoms. The first-order valence-corrected chi connectivity index (χ1v) is 5.97. The van der Waals surface area contributed by atoms with Gasteiger partial charge in [0.1, 0.15) is 6.10 Å². The number of methoxy groups -OCH3 is 1. The molecule has 1 aromatic carbocycles. The normalized spacial score (nSPS) is 22.3. The summed E-state index contributed by atoms with van der Waals surface area (Å²) >= 11 is 0. The fourth-order valence-corrected chi connectivity index (χ4v) is 2.18. The van der Waals surface area contributed by atoms with Crippen molar-refractivity contribution < 1.29 is 18.8 Å². The highest BCUT2D eigenvalue weighted by Gasteiger charge is 2.28. The van der Waals surface area contributed by atoms with Crippen molar-refractivity contribution in [2.24, 2.45) is 5.73 Å². The SMILES string of the molecule is COc1cc(OC2CCCC2N)c(F)cc1[N+](=O)[O-]. The first-order valence-electron chi connectivity index (χ1n) is 5.97. The molecule has 0 saturated heterocycles. The number of nitrogens with zero attached hydrogens (tertiary/aromatic N) is 1. The van der Waals surface area contributed by atoms with Crippen molar-refractivity contribution in [1.82, 2.24) is 0 Å². The topological polar surface area (TPSA) is 87.6 Å². The van der Waals surface area contributed by atoms with Crippen molar-refractivity contribution in [2.45, 2.75) is 31.4 Å². The van der Waals surface area contributed by atoms with E-state index in [1.807, 2.05) is 0 Å². The highest BCUT2D eigenvalue weighted by molar-refractivity contribution is 5.51. The lowest BCUT2D eigenvalue weighted by atomic mass is 10.2. The van der Waals surface area contributed by atoms with Crippen LogP contribution in [0.15, 0.2) is 12.1 Å². The number of hydrogen-bond acceptors (Lipinski definition) is 5. The second-order valence-corrected chi connectivity index (χ2v) is 4.46. The Bertz CT molecular complexity index is 495. The zero-order valence-corrected chi connectivity index (χ0v) is 10.5. The lowest BCUT2D eigenvalue weighted by Crippen LogP contribution is -2.33. The molecule has 0 amide bonds. The van der Waals surface area contributed by atoms with E-state index >= 15 is 0 Å². The Morgan fingerprint density at radius 3 is 2.68 bits per heavy atom. The van der Waals surface area contributed by atoms with E-state index in [9.17, 15) is 14.5 Å². The molecule has 2 atom stereocenters. The van der Waals surface area contributed by atoms with E-state index in [2.05, 4.69) is 0 Å². The van der Waals surface area contributed by atoms with Gasteiger partial charge in [0.15, 0.2) is 11.6 Å². The van der Waals surface area contributed by atoms with Gasteiger partial charge in [-0.05, 0) is 19.3 Å². The van der Waals surface area contributed by atoms with Crippen LogP contribution in [0.5, 0.6) is 11.5 Å². The van der Waals surface area contributed by atoms with Gasteiger partial charge in [0.05, 0.1) is 18.1 Å². The van der Waals surface area contributed by atoms with Crippen molar-refractivity contribution in [3.63, 3.8) is 0 Å². The van der Waals surface area contributed by atoms with Crippen LogP contribution in [-0.2, 0) is 0 Å². The number of benzene rings is 1. The molecule has 104 valence electrons. The minimum Gasteiger partial charge on any atom is -0.490 e. The predicted molar refractivity (Wildman–Crippen MR) is 65.8 cm³/mol. The van der Waals surface area contributed by atoms with Gasteiger partial charge < -0.3 is 15.2 Å². The molecule has 0 aliphatic heterocycles. The molecule has 0 aromatic heterocycles. The Balaban J connectivity index is 2.28. The predicted octanol–water partition coefficient (Wildman–Crippen LogP) is 2.00. The number of rotatable bonds is 4. The van der Waals surface area contributed by atoms with Crippen LogP contribution in [0.1, 0.15) is 19.3 Å². The molecule has 0 radical (unpaired) electrons. The maximum absolute atomic E-state index is 13.8. The summed E-state index contributed by atoms with van der Waals surface area (Å²) in [5.41, 5.74) is 5.41. The highest BCUT2D eigenvalue weighted by Crippen LogP contribution is 2.35. The van der Waals surface area contributed by atoms with Gasteiger partial charge in [-0.2, -0.15) is 0 Å². The summed E-state index contributed by atoms with van der Waals surface area (Å²) in [6.07, 6.45) is 2.24. The number of nitro benzene ring substituents is 1. The van der Waals surface area contributed by atoms with Gasteiger partial charge in [0.25, 0.3) is 0 Å². The van der Waals surface area contributed by atoms with Gasteiger partial charge in [-0.1, -0.05) is 0 Å². The number of nitro groups is 1. The van der Waals surface area contributed by atoms with Crippen LogP contribution >= 0.6 is 0 Å². The van der Waals surface area contributed by atoms with E-state index in [0.29, 0.717) is 0 Å². The molecular formula is C12H15FN2O4. The number of hydrogen-bond donors (Lipinski definition) is 1. The van der Waals surface area contributed by atoms with Crippen LogP contribution in [0.25, 0.3) is 0 Å². The minimum atomic E-state index is -0.786. The smallest absolute Gasteiger partial charge is 0.314 e. The van der Waals surface area contributed by atoms with Crippen molar-refractivity contribution in [3.8, 4) is 11.5 Å². The van der Waals surface area contributed by atoms with Crippen LogP contribution in [0, 0.1) is 15.9 Å². The van der Waals surface area contributed by atoms with Crippen molar-refractivity contribution in [1.29, 1.82) is 0 Å². The lowest BCUT2D eigenvalue weighted by Gasteiger charge is -2.18. The monoisotopic (exact) mass is 270 g/mol. The van der Waals surface area contributed by atoms with Crippen LogP contribution < -0.4 is 15.2 Å². The molecule has 6 nitrogen and oxygen atoms in total. The van der Waals surface area contributed by atoms with E-state index in [1.54, 1.807) is 0 Å². The fraction of sp³-hybridized carbons (Fsp3) is 0.500. The van der Waals surface area contributed by atoms with Gasteiger partial charge in [0, 0.05) is 12.1 Å². The second-order valence-electron chi connectivity index (χ2n) is 4.46. The standard InChI is InChI=1S/C12H15FN2O4/c1-18-12-6-11(7(13)5-9(12)15(16)17)19-10-4-2-3-8(10)14/h5-6,8,10H,2-4,14H2,1H3. The molecule has 0 bridgehead atoms. The van der Waals surface area contributed by atoms with Crippen LogP contribution in [0.3, 0.4) is 0 Å². The van der Waals surface area contributed by atoms with Gasteiger partial charge in [-0.3, -0.25) is 10.1 Å². The molecule has 7 heteroatoms.